The number of hydrogen-bond donors (Lipinski definition) is 2. The standard InChI is InChI=1S/C23H29N3O3.HI/c1-27-15-17-6-2-3-7-19(17)26-22(24)25-16-23(10-4-5-11-23)18-8-9-20-21(14-18)29-13-12-28-20;/h2-3,6-9,14H,4-5,10-13,15-16H2,1H3,(H3,24,25,26);1H. The number of ether oxygens (including phenoxy) is 3. The zero-order chi connectivity index (χ0) is 20.1. The molecule has 1 fully saturated rings. The van der Waals surface area contributed by atoms with Crippen LogP contribution in [-0.4, -0.2) is 32.8 Å². The Labute approximate surface area is 195 Å². The van der Waals surface area contributed by atoms with E-state index in [-0.39, 0.29) is 29.4 Å². The van der Waals surface area contributed by atoms with Gasteiger partial charge in [0.25, 0.3) is 0 Å². The van der Waals surface area contributed by atoms with Crippen LogP contribution in [0.5, 0.6) is 11.5 Å². The first-order valence-corrected chi connectivity index (χ1v) is 10.2. The topological polar surface area (TPSA) is 78.1 Å². The van der Waals surface area contributed by atoms with Crippen molar-refractivity contribution in [1.82, 2.24) is 0 Å². The van der Waals surface area contributed by atoms with E-state index >= 15 is 0 Å². The van der Waals surface area contributed by atoms with Crippen LogP contribution in [0.3, 0.4) is 0 Å². The lowest BCUT2D eigenvalue weighted by molar-refractivity contribution is 0.171. The molecule has 4 rings (SSSR count). The van der Waals surface area contributed by atoms with Gasteiger partial charge in [-0.05, 0) is 36.6 Å². The summed E-state index contributed by atoms with van der Waals surface area (Å²) >= 11 is 0. The summed E-state index contributed by atoms with van der Waals surface area (Å²) in [6, 6.07) is 14.3. The molecule has 0 saturated heterocycles. The Morgan fingerprint density at radius 1 is 1.10 bits per heavy atom. The van der Waals surface area contributed by atoms with Crippen LogP contribution in [0.15, 0.2) is 47.5 Å². The molecule has 0 amide bonds. The fourth-order valence-corrected chi connectivity index (χ4v) is 4.30. The molecule has 2 aromatic rings. The second-order valence-corrected chi connectivity index (χ2v) is 7.76. The van der Waals surface area contributed by atoms with Gasteiger partial charge in [0.2, 0.25) is 0 Å². The van der Waals surface area contributed by atoms with Gasteiger partial charge in [0.05, 0.1) is 13.2 Å². The molecule has 1 aliphatic heterocycles. The first-order valence-electron chi connectivity index (χ1n) is 10.2. The highest BCUT2D eigenvalue weighted by atomic mass is 127. The third-order valence-corrected chi connectivity index (χ3v) is 5.85. The summed E-state index contributed by atoms with van der Waals surface area (Å²) < 4.78 is 16.7. The molecule has 0 radical (unpaired) electrons. The smallest absolute Gasteiger partial charge is 0.193 e. The number of nitrogens with two attached hydrogens (primary N) is 1. The van der Waals surface area contributed by atoms with E-state index in [4.69, 9.17) is 24.9 Å². The van der Waals surface area contributed by atoms with Crippen LogP contribution in [0.25, 0.3) is 0 Å². The van der Waals surface area contributed by atoms with E-state index in [1.807, 2.05) is 30.3 Å². The molecule has 0 atom stereocenters. The van der Waals surface area contributed by atoms with Crippen molar-refractivity contribution in [3.63, 3.8) is 0 Å². The summed E-state index contributed by atoms with van der Waals surface area (Å²) in [6.45, 7) is 2.38. The van der Waals surface area contributed by atoms with Crippen LogP contribution in [0.4, 0.5) is 5.69 Å². The number of fused-ring (bicyclic) bond motifs is 1. The maximum absolute atomic E-state index is 6.25. The molecule has 30 heavy (non-hydrogen) atoms. The number of anilines is 1. The molecule has 3 N–H and O–H groups in total. The summed E-state index contributed by atoms with van der Waals surface area (Å²) in [6.07, 6.45) is 4.61. The van der Waals surface area contributed by atoms with E-state index < -0.39 is 0 Å². The van der Waals surface area contributed by atoms with E-state index in [0.29, 0.717) is 32.3 Å². The molecule has 7 heteroatoms. The minimum absolute atomic E-state index is 0. The van der Waals surface area contributed by atoms with E-state index in [2.05, 4.69) is 17.4 Å². The monoisotopic (exact) mass is 523 g/mol. The van der Waals surface area contributed by atoms with Crippen molar-refractivity contribution in [1.29, 1.82) is 0 Å². The van der Waals surface area contributed by atoms with Crippen molar-refractivity contribution in [2.45, 2.75) is 37.7 Å². The van der Waals surface area contributed by atoms with Gasteiger partial charge in [0.1, 0.15) is 13.2 Å². The Morgan fingerprint density at radius 2 is 1.83 bits per heavy atom. The second-order valence-electron chi connectivity index (χ2n) is 7.76. The average molecular weight is 523 g/mol. The number of nitrogens with one attached hydrogen (secondary N) is 1. The number of nitrogens with zero attached hydrogens (tertiary/aromatic N) is 1. The van der Waals surface area contributed by atoms with Gasteiger partial charge < -0.3 is 25.3 Å². The first kappa shape index (κ1) is 22.7. The fraction of sp³-hybridized carbons (Fsp3) is 0.435. The SMILES string of the molecule is COCc1ccccc1NC(N)=NCC1(c2ccc3c(c2)OCCO3)CCCC1.I. The molecule has 0 aromatic heterocycles. The molecular weight excluding hydrogens is 493 g/mol. The Hall–Kier alpha value is -2.00. The minimum Gasteiger partial charge on any atom is -0.486 e. The van der Waals surface area contributed by atoms with Gasteiger partial charge in [-0.15, -0.1) is 24.0 Å². The molecule has 0 bridgehead atoms. The molecular formula is C23H30IN3O3. The van der Waals surface area contributed by atoms with Crippen molar-refractivity contribution in [3.8, 4) is 11.5 Å². The Balaban J connectivity index is 0.00000256. The predicted octanol–water partition coefficient (Wildman–Crippen LogP) is 4.46. The number of aliphatic imine (C=N–C) groups is 1. The Kier molecular flexibility index (Phi) is 7.82. The highest BCUT2D eigenvalue weighted by Crippen LogP contribution is 2.44. The number of benzene rings is 2. The molecule has 2 aliphatic rings. The van der Waals surface area contributed by atoms with Crippen LogP contribution < -0.4 is 20.5 Å². The van der Waals surface area contributed by atoms with Crippen LogP contribution in [0.2, 0.25) is 0 Å². The first-order chi connectivity index (χ1) is 14.2. The van der Waals surface area contributed by atoms with Gasteiger partial charge in [-0.25, -0.2) is 0 Å². The van der Waals surface area contributed by atoms with Gasteiger partial charge >= 0.3 is 0 Å². The molecule has 6 nitrogen and oxygen atoms in total. The van der Waals surface area contributed by atoms with Gasteiger partial charge in [-0.1, -0.05) is 37.1 Å². The number of halogens is 1. The average Bonchev–Trinajstić information content (AvgIpc) is 3.24. The van der Waals surface area contributed by atoms with Crippen molar-refractivity contribution in [3.05, 3.63) is 53.6 Å². The van der Waals surface area contributed by atoms with Crippen molar-refractivity contribution in [2.75, 3.05) is 32.2 Å². The lowest BCUT2D eigenvalue weighted by atomic mass is 9.79. The lowest BCUT2D eigenvalue weighted by Gasteiger charge is -2.29. The van der Waals surface area contributed by atoms with E-state index in [9.17, 15) is 0 Å². The number of para-hydroxylation sites is 1. The normalized spacial score (nSPS) is 17.3. The molecule has 1 saturated carbocycles. The number of guanidine groups is 1. The van der Waals surface area contributed by atoms with Crippen molar-refractivity contribution in [2.24, 2.45) is 10.7 Å². The van der Waals surface area contributed by atoms with Crippen LogP contribution >= 0.6 is 24.0 Å². The van der Waals surface area contributed by atoms with Crippen molar-refractivity contribution >= 4 is 35.6 Å². The lowest BCUT2D eigenvalue weighted by Crippen LogP contribution is -2.30. The van der Waals surface area contributed by atoms with Gasteiger partial charge in [0, 0.05) is 23.8 Å². The zero-order valence-electron chi connectivity index (χ0n) is 17.4. The van der Waals surface area contributed by atoms with Crippen LogP contribution in [-0.2, 0) is 16.8 Å². The number of rotatable bonds is 6. The zero-order valence-corrected chi connectivity index (χ0v) is 19.7. The fourth-order valence-electron chi connectivity index (χ4n) is 4.30. The number of methoxy groups -OCH3 is 1. The Bertz CT molecular complexity index is 882. The molecule has 0 spiro atoms. The summed E-state index contributed by atoms with van der Waals surface area (Å²) in [4.78, 5) is 4.73. The molecule has 1 heterocycles. The highest BCUT2D eigenvalue weighted by molar-refractivity contribution is 14.0. The second kappa shape index (κ2) is 10.3. The molecule has 1 aliphatic carbocycles. The predicted molar refractivity (Wildman–Crippen MR) is 130 cm³/mol. The van der Waals surface area contributed by atoms with E-state index in [0.717, 1.165) is 35.6 Å². The third kappa shape index (κ3) is 5.00. The Morgan fingerprint density at radius 3 is 2.60 bits per heavy atom. The highest BCUT2D eigenvalue weighted by Gasteiger charge is 2.36. The summed E-state index contributed by atoms with van der Waals surface area (Å²) in [5.74, 6) is 2.09. The summed E-state index contributed by atoms with van der Waals surface area (Å²) in [7, 11) is 1.69. The van der Waals surface area contributed by atoms with Gasteiger partial charge in [0.15, 0.2) is 17.5 Å². The molecule has 162 valence electrons. The molecule has 2 aromatic carbocycles. The van der Waals surface area contributed by atoms with E-state index in [1.165, 1.54) is 18.4 Å². The van der Waals surface area contributed by atoms with E-state index in [1.54, 1.807) is 7.11 Å². The largest absolute Gasteiger partial charge is 0.486 e. The summed E-state index contributed by atoms with van der Waals surface area (Å²) in [5.41, 5.74) is 9.48. The summed E-state index contributed by atoms with van der Waals surface area (Å²) in [5, 5.41) is 3.24. The third-order valence-electron chi connectivity index (χ3n) is 5.85. The quantitative estimate of drug-likeness (QED) is 0.332. The van der Waals surface area contributed by atoms with Gasteiger partial charge in [-0.3, -0.25) is 4.99 Å². The van der Waals surface area contributed by atoms with Gasteiger partial charge in [-0.2, -0.15) is 0 Å². The minimum atomic E-state index is -0.00577. The molecule has 0 unspecified atom stereocenters. The number of hydrogen-bond acceptors (Lipinski definition) is 4. The van der Waals surface area contributed by atoms with Crippen molar-refractivity contribution < 1.29 is 14.2 Å². The van der Waals surface area contributed by atoms with Crippen LogP contribution in [0, 0.1) is 0 Å². The maximum atomic E-state index is 6.25. The van der Waals surface area contributed by atoms with Crippen LogP contribution in [0.1, 0.15) is 36.8 Å². The maximum Gasteiger partial charge on any atom is 0.193 e.